The molecule has 0 saturated carbocycles. The lowest BCUT2D eigenvalue weighted by Gasteiger charge is -2.05. The van der Waals surface area contributed by atoms with Gasteiger partial charge in [-0.2, -0.15) is 10.2 Å². The lowest BCUT2D eigenvalue weighted by Crippen LogP contribution is -2.05. The van der Waals surface area contributed by atoms with Crippen molar-refractivity contribution in [2.24, 2.45) is 5.92 Å². The molecule has 0 aromatic carbocycles. The monoisotopic (exact) mass is 221 g/mol. The molecule has 88 valence electrons. The molecule has 0 aliphatic carbocycles. The summed E-state index contributed by atoms with van der Waals surface area (Å²) in [6.45, 7) is 8.54. The van der Waals surface area contributed by atoms with Crippen LogP contribution in [0, 0.1) is 5.92 Å². The summed E-state index contributed by atoms with van der Waals surface area (Å²) >= 11 is 0. The first-order valence-electron chi connectivity index (χ1n) is 5.71. The number of nitrogens with two attached hydrogens (primary N) is 1. The molecule has 0 unspecified atom stereocenters. The van der Waals surface area contributed by atoms with Gasteiger partial charge in [0, 0.05) is 6.04 Å². The summed E-state index contributed by atoms with van der Waals surface area (Å²) in [6.07, 6.45) is 0.931. The number of aromatic amines is 1. The van der Waals surface area contributed by atoms with Crippen molar-refractivity contribution in [2.45, 2.75) is 40.2 Å². The van der Waals surface area contributed by atoms with Gasteiger partial charge in [0.1, 0.15) is 5.82 Å². The minimum absolute atomic E-state index is 0.297. The van der Waals surface area contributed by atoms with Crippen LogP contribution in [0.1, 0.15) is 39.4 Å². The standard InChI is InChI=1S/C11H19N5/c1-6(2)5-8-9-10(12)13-14-11(9)16(15-8)7(3)4/h6-7H,5H2,1-4H3,(H3,12,13,14). The highest BCUT2D eigenvalue weighted by molar-refractivity contribution is 5.89. The normalized spacial score (nSPS) is 12.1. The van der Waals surface area contributed by atoms with E-state index in [0.29, 0.717) is 17.8 Å². The molecule has 2 heterocycles. The SMILES string of the molecule is CC(C)Cc1nn(C(C)C)c2n[nH]c(N)c12. The maximum absolute atomic E-state index is 5.89. The first-order valence-corrected chi connectivity index (χ1v) is 5.71. The fourth-order valence-electron chi connectivity index (χ4n) is 1.91. The highest BCUT2D eigenvalue weighted by Gasteiger charge is 2.18. The number of nitrogen functional groups attached to an aromatic ring is 1. The quantitative estimate of drug-likeness (QED) is 0.833. The fraction of sp³-hybridized carbons (Fsp3) is 0.636. The number of anilines is 1. The van der Waals surface area contributed by atoms with Crippen LogP contribution in [0.2, 0.25) is 0 Å². The van der Waals surface area contributed by atoms with Gasteiger partial charge in [0.05, 0.1) is 11.1 Å². The van der Waals surface area contributed by atoms with Crippen molar-refractivity contribution in [2.75, 3.05) is 5.73 Å². The maximum atomic E-state index is 5.89. The van der Waals surface area contributed by atoms with Crippen LogP contribution in [0.5, 0.6) is 0 Å². The van der Waals surface area contributed by atoms with Gasteiger partial charge < -0.3 is 5.73 Å². The molecule has 0 aliphatic rings. The lowest BCUT2D eigenvalue weighted by molar-refractivity contribution is 0.528. The Morgan fingerprint density at radius 3 is 2.56 bits per heavy atom. The van der Waals surface area contributed by atoms with Crippen molar-refractivity contribution in [3.05, 3.63) is 5.69 Å². The van der Waals surface area contributed by atoms with E-state index in [2.05, 4.69) is 43.0 Å². The molecule has 5 nitrogen and oxygen atoms in total. The Hall–Kier alpha value is -1.52. The molecule has 0 atom stereocenters. The summed E-state index contributed by atoms with van der Waals surface area (Å²) in [4.78, 5) is 0. The molecule has 0 fully saturated rings. The zero-order chi connectivity index (χ0) is 11.9. The van der Waals surface area contributed by atoms with Gasteiger partial charge in [-0.05, 0) is 26.2 Å². The number of nitrogens with zero attached hydrogens (tertiary/aromatic N) is 3. The van der Waals surface area contributed by atoms with E-state index in [1.807, 2.05) is 4.68 Å². The Balaban J connectivity index is 2.59. The van der Waals surface area contributed by atoms with Gasteiger partial charge in [0.15, 0.2) is 5.65 Å². The molecule has 2 aromatic heterocycles. The Kier molecular flexibility index (Phi) is 2.61. The van der Waals surface area contributed by atoms with Crippen LogP contribution >= 0.6 is 0 Å². The second-order valence-corrected chi connectivity index (χ2v) is 4.92. The molecule has 3 N–H and O–H groups in total. The van der Waals surface area contributed by atoms with Gasteiger partial charge in [-0.25, -0.2) is 4.68 Å². The van der Waals surface area contributed by atoms with Crippen molar-refractivity contribution >= 4 is 16.9 Å². The fourth-order valence-corrected chi connectivity index (χ4v) is 1.91. The van der Waals surface area contributed by atoms with E-state index < -0.39 is 0 Å². The van der Waals surface area contributed by atoms with Crippen molar-refractivity contribution in [1.82, 2.24) is 20.0 Å². The van der Waals surface area contributed by atoms with Crippen molar-refractivity contribution in [1.29, 1.82) is 0 Å². The molecule has 2 aromatic rings. The molecule has 16 heavy (non-hydrogen) atoms. The predicted octanol–water partition coefficient (Wildman–Crippen LogP) is 2.12. The molecule has 0 radical (unpaired) electrons. The van der Waals surface area contributed by atoms with Crippen molar-refractivity contribution in [3.63, 3.8) is 0 Å². The van der Waals surface area contributed by atoms with Crippen LogP contribution in [0.4, 0.5) is 5.82 Å². The van der Waals surface area contributed by atoms with Crippen LogP contribution in [0.3, 0.4) is 0 Å². The third-order valence-corrected chi connectivity index (χ3v) is 2.60. The van der Waals surface area contributed by atoms with Crippen LogP contribution in [-0.4, -0.2) is 20.0 Å². The highest BCUT2D eigenvalue weighted by Crippen LogP contribution is 2.26. The molecule has 0 saturated heterocycles. The Bertz CT molecular complexity index is 492. The average molecular weight is 221 g/mol. The predicted molar refractivity (Wildman–Crippen MR) is 65.2 cm³/mol. The van der Waals surface area contributed by atoms with Crippen LogP contribution < -0.4 is 5.73 Å². The topological polar surface area (TPSA) is 72.5 Å². The van der Waals surface area contributed by atoms with Crippen molar-refractivity contribution < 1.29 is 0 Å². The number of hydrogen-bond acceptors (Lipinski definition) is 3. The van der Waals surface area contributed by atoms with E-state index in [4.69, 9.17) is 5.73 Å². The summed E-state index contributed by atoms with van der Waals surface area (Å²) in [5, 5.41) is 12.6. The molecule has 5 heteroatoms. The Labute approximate surface area is 95.0 Å². The molecule has 0 amide bonds. The van der Waals surface area contributed by atoms with E-state index in [1.54, 1.807) is 0 Å². The molecular weight excluding hydrogens is 202 g/mol. The number of hydrogen-bond donors (Lipinski definition) is 2. The third kappa shape index (κ3) is 1.66. The maximum Gasteiger partial charge on any atom is 0.182 e. The van der Waals surface area contributed by atoms with Gasteiger partial charge in [0.2, 0.25) is 0 Å². The highest BCUT2D eigenvalue weighted by atomic mass is 15.4. The van der Waals surface area contributed by atoms with E-state index >= 15 is 0 Å². The minimum Gasteiger partial charge on any atom is -0.383 e. The van der Waals surface area contributed by atoms with Gasteiger partial charge in [0.25, 0.3) is 0 Å². The molecule has 2 rings (SSSR count). The number of rotatable bonds is 3. The van der Waals surface area contributed by atoms with Crippen LogP contribution in [0.15, 0.2) is 0 Å². The minimum atomic E-state index is 0.297. The second-order valence-electron chi connectivity index (χ2n) is 4.92. The van der Waals surface area contributed by atoms with E-state index in [-0.39, 0.29) is 0 Å². The lowest BCUT2D eigenvalue weighted by atomic mass is 10.1. The van der Waals surface area contributed by atoms with Crippen LogP contribution in [-0.2, 0) is 6.42 Å². The molecule has 0 bridgehead atoms. The second kappa shape index (κ2) is 3.81. The summed E-state index contributed by atoms with van der Waals surface area (Å²) in [5.41, 5.74) is 7.81. The number of fused-ring (bicyclic) bond motifs is 1. The average Bonchev–Trinajstić information content (AvgIpc) is 2.68. The van der Waals surface area contributed by atoms with E-state index in [0.717, 1.165) is 23.1 Å². The first kappa shape index (κ1) is 11.0. The summed E-state index contributed by atoms with van der Waals surface area (Å²) in [7, 11) is 0. The molecule has 0 aliphatic heterocycles. The van der Waals surface area contributed by atoms with Crippen molar-refractivity contribution in [3.8, 4) is 0 Å². The van der Waals surface area contributed by atoms with Gasteiger partial charge in [-0.15, -0.1) is 0 Å². The Morgan fingerprint density at radius 1 is 1.31 bits per heavy atom. The summed E-state index contributed by atoms with van der Waals surface area (Å²) in [6, 6.07) is 0.297. The molecule has 0 spiro atoms. The van der Waals surface area contributed by atoms with Crippen LogP contribution in [0.25, 0.3) is 11.0 Å². The summed E-state index contributed by atoms with van der Waals surface area (Å²) < 4.78 is 1.93. The number of aromatic nitrogens is 4. The van der Waals surface area contributed by atoms with Gasteiger partial charge >= 0.3 is 0 Å². The van der Waals surface area contributed by atoms with Gasteiger partial charge in [-0.1, -0.05) is 13.8 Å². The zero-order valence-electron chi connectivity index (χ0n) is 10.3. The largest absolute Gasteiger partial charge is 0.383 e. The number of H-pyrrole nitrogens is 1. The first-order chi connectivity index (χ1) is 7.50. The van der Waals surface area contributed by atoms with E-state index in [9.17, 15) is 0 Å². The summed E-state index contributed by atoms with van der Waals surface area (Å²) in [5.74, 6) is 1.19. The number of nitrogens with one attached hydrogen (secondary N) is 1. The molecular formula is C11H19N5. The van der Waals surface area contributed by atoms with E-state index in [1.165, 1.54) is 0 Å². The Morgan fingerprint density at radius 2 is 2.00 bits per heavy atom. The smallest absolute Gasteiger partial charge is 0.182 e. The third-order valence-electron chi connectivity index (χ3n) is 2.60. The zero-order valence-corrected chi connectivity index (χ0v) is 10.3. The van der Waals surface area contributed by atoms with Gasteiger partial charge in [-0.3, -0.25) is 5.10 Å².